The van der Waals surface area contributed by atoms with Gasteiger partial charge in [-0.1, -0.05) is 0 Å². The van der Waals surface area contributed by atoms with Gasteiger partial charge in [0.15, 0.2) is 0 Å². The SMILES string of the molecule is Cc1cc(C)c(C(=N)N)c(Sc2ncco2)n1. The Hall–Kier alpha value is -1.82. The Kier molecular flexibility index (Phi) is 3.14. The number of oxazole rings is 1. The molecule has 0 radical (unpaired) electrons. The first kappa shape index (κ1) is 11.7. The summed E-state index contributed by atoms with van der Waals surface area (Å²) in [6.45, 7) is 3.81. The third-order valence-electron chi connectivity index (χ3n) is 2.17. The van der Waals surface area contributed by atoms with E-state index in [-0.39, 0.29) is 5.84 Å². The molecule has 3 N–H and O–H groups in total. The molecule has 0 spiro atoms. The second-order valence-corrected chi connectivity index (χ2v) is 4.51. The number of amidine groups is 1. The van der Waals surface area contributed by atoms with Gasteiger partial charge in [-0.05, 0) is 37.2 Å². The Bertz CT molecular complexity index is 551. The van der Waals surface area contributed by atoms with Crippen LogP contribution in [0.1, 0.15) is 16.8 Å². The van der Waals surface area contributed by atoms with Crippen molar-refractivity contribution >= 4 is 17.6 Å². The number of hydrogen-bond acceptors (Lipinski definition) is 5. The van der Waals surface area contributed by atoms with Gasteiger partial charge in [-0.2, -0.15) is 0 Å². The zero-order chi connectivity index (χ0) is 12.4. The molecule has 0 saturated carbocycles. The number of nitrogens with zero attached hydrogens (tertiary/aromatic N) is 2. The molecule has 0 unspecified atom stereocenters. The summed E-state index contributed by atoms with van der Waals surface area (Å²) in [5.41, 5.74) is 8.02. The van der Waals surface area contributed by atoms with Gasteiger partial charge in [0.05, 0.1) is 11.8 Å². The molecule has 88 valence electrons. The summed E-state index contributed by atoms with van der Waals surface area (Å²) in [6.07, 6.45) is 3.07. The Labute approximate surface area is 103 Å². The summed E-state index contributed by atoms with van der Waals surface area (Å²) in [5, 5.41) is 8.73. The third kappa shape index (κ3) is 2.47. The molecule has 0 aliphatic rings. The van der Waals surface area contributed by atoms with Crippen molar-refractivity contribution in [3.05, 3.63) is 35.3 Å². The van der Waals surface area contributed by atoms with Crippen molar-refractivity contribution in [3.63, 3.8) is 0 Å². The van der Waals surface area contributed by atoms with E-state index in [4.69, 9.17) is 15.6 Å². The minimum absolute atomic E-state index is 0.00376. The van der Waals surface area contributed by atoms with Gasteiger partial charge in [-0.3, -0.25) is 5.41 Å². The Balaban J connectivity index is 2.47. The Morgan fingerprint density at radius 2 is 2.24 bits per heavy atom. The van der Waals surface area contributed by atoms with Crippen LogP contribution >= 0.6 is 11.8 Å². The highest BCUT2D eigenvalue weighted by Gasteiger charge is 2.14. The van der Waals surface area contributed by atoms with Gasteiger partial charge >= 0.3 is 0 Å². The van der Waals surface area contributed by atoms with Crippen LogP contribution in [-0.2, 0) is 0 Å². The lowest BCUT2D eigenvalue weighted by Crippen LogP contribution is -2.15. The summed E-state index contributed by atoms with van der Waals surface area (Å²) < 4.78 is 5.15. The third-order valence-corrected chi connectivity index (χ3v) is 3.04. The summed E-state index contributed by atoms with van der Waals surface area (Å²) in [5.74, 6) is 0.00376. The summed E-state index contributed by atoms with van der Waals surface area (Å²) in [6, 6.07) is 1.90. The van der Waals surface area contributed by atoms with Gasteiger partial charge in [0.2, 0.25) is 0 Å². The van der Waals surface area contributed by atoms with E-state index in [0.717, 1.165) is 11.3 Å². The highest BCUT2D eigenvalue weighted by atomic mass is 32.2. The number of nitrogens with two attached hydrogens (primary N) is 1. The molecule has 2 heterocycles. The van der Waals surface area contributed by atoms with Crippen molar-refractivity contribution < 1.29 is 4.42 Å². The molecule has 0 aliphatic heterocycles. The first-order valence-electron chi connectivity index (χ1n) is 4.98. The number of nitrogens with one attached hydrogen (secondary N) is 1. The highest BCUT2D eigenvalue weighted by molar-refractivity contribution is 7.99. The van der Waals surface area contributed by atoms with E-state index < -0.39 is 0 Å². The molecular weight excluding hydrogens is 236 g/mol. The van der Waals surface area contributed by atoms with Crippen LogP contribution in [0.3, 0.4) is 0 Å². The maximum atomic E-state index is 7.59. The smallest absolute Gasteiger partial charge is 0.261 e. The minimum Gasteiger partial charge on any atom is -0.440 e. The zero-order valence-electron chi connectivity index (χ0n) is 9.52. The highest BCUT2D eigenvalue weighted by Crippen LogP contribution is 2.29. The second kappa shape index (κ2) is 4.58. The fourth-order valence-corrected chi connectivity index (χ4v) is 2.49. The van der Waals surface area contributed by atoms with Crippen molar-refractivity contribution in [3.8, 4) is 0 Å². The van der Waals surface area contributed by atoms with Crippen LogP contribution in [0.2, 0.25) is 0 Å². The van der Waals surface area contributed by atoms with E-state index in [0.29, 0.717) is 15.8 Å². The lowest BCUT2D eigenvalue weighted by molar-refractivity contribution is 0.454. The van der Waals surface area contributed by atoms with Gasteiger partial charge in [0.25, 0.3) is 5.22 Å². The number of rotatable bonds is 3. The molecule has 5 nitrogen and oxygen atoms in total. The Morgan fingerprint density at radius 3 is 2.82 bits per heavy atom. The van der Waals surface area contributed by atoms with E-state index in [2.05, 4.69) is 9.97 Å². The molecule has 0 fully saturated rings. The van der Waals surface area contributed by atoms with Crippen molar-refractivity contribution in [1.29, 1.82) is 5.41 Å². The first-order chi connectivity index (χ1) is 8.08. The molecule has 0 aliphatic carbocycles. The quantitative estimate of drug-likeness (QED) is 0.641. The van der Waals surface area contributed by atoms with Crippen LogP contribution in [-0.4, -0.2) is 15.8 Å². The lowest BCUT2D eigenvalue weighted by Gasteiger charge is -2.09. The van der Waals surface area contributed by atoms with E-state index in [1.807, 2.05) is 19.9 Å². The van der Waals surface area contributed by atoms with Crippen LogP contribution in [0.15, 0.2) is 33.2 Å². The standard InChI is InChI=1S/C11H12N4OS/c1-6-5-7(2)15-10(8(6)9(12)13)17-11-14-3-4-16-11/h3-5H,1-2H3,(H3,12,13). The average Bonchev–Trinajstić information content (AvgIpc) is 2.68. The average molecular weight is 248 g/mol. The van der Waals surface area contributed by atoms with Crippen LogP contribution in [0.25, 0.3) is 0 Å². The molecule has 2 aromatic heterocycles. The summed E-state index contributed by atoms with van der Waals surface area (Å²) in [7, 11) is 0. The lowest BCUT2D eigenvalue weighted by atomic mass is 10.1. The molecule has 0 amide bonds. The molecule has 0 atom stereocenters. The predicted octanol–water partition coefficient (Wildman–Crippen LogP) is 2.12. The number of aryl methyl sites for hydroxylation is 2. The van der Waals surface area contributed by atoms with Crippen molar-refractivity contribution in [2.45, 2.75) is 24.1 Å². The Morgan fingerprint density at radius 1 is 1.47 bits per heavy atom. The van der Waals surface area contributed by atoms with E-state index >= 15 is 0 Å². The molecule has 2 aromatic rings. The topological polar surface area (TPSA) is 88.8 Å². The van der Waals surface area contributed by atoms with Gasteiger partial charge in [-0.15, -0.1) is 0 Å². The summed E-state index contributed by atoms with van der Waals surface area (Å²) >= 11 is 1.27. The maximum absolute atomic E-state index is 7.59. The van der Waals surface area contributed by atoms with Crippen LogP contribution < -0.4 is 5.73 Å². The zero-order valence-corrected chi connectivity index (χ0v) is 10.3. The molecule has 6 heteroatoms. The van der Waals surface area contributed by atoms with Gasteiger partial charge in [0, 0.05) is 5.69 Å². The van der Waals surface area contributed by atoms with Gasteiger partial charge < -0.3 is 10.2 Å². The summed E-state index contributed by atoms with van der Waals surface area (Å²) in [4.78, 5) is 8.39. The monoisotopic (exact) mass is 248 g/mol. The molecular formula is C11H12N4OS. The minimum atomic E-state index is 0.00376. The molecule has 2 rings (SSSR count). The van der Waals surface area contributed by atoms with Crippen molar-refractivity contribution in [2.24, 2.45) is 5.73 Å². The number of nitrogen functional groups attached to an aromatic ring is 1. The van der Waals surface area contributed by atoms with E-state index in [1.165, 1.54) is 18.0 Å². The van der Waals surface area contributed by atoms with Gasteiger partial charge in [0.1, 0.15) is 17.1 Å². The fraction of sp³-hybridized carbons (Fsp3) is 0.182. The number of aromatic nitrogens is 2. The fourth-order valence-electron chi connectivity index (χ4n) is 1.55. The van der Waals surface area contributed by atoms with Gasteiger partial charge in [-0.25, -0.2) is 9.97 Å². The molecule has 0 aromatic carbocycles. The first-order valence-corrected chi connectivity index (χ1v) is 5.79. The van der Waals surface area contributed by atoms with Crippen LogP contribution in [0, 0.1) is 19.3 Å². The predicted molar refractivity (Wildman–Crippen MR) is 65.4 cm³/mol. The van der Waals surface area contributed by atoms with Crippen molar-refractivity contribution in [2.75, 3.05) is 0 Å². The van der Waals surface area contributed by atoms with Crippen molar-refractivity contribution in [1.82, 2.24) is 9.97 Å². The van der Waals surface area contributed by atoms with Crippen LogP contribution in [0.5, 0.6) is 0 Å². The van der Waals surface area contributed by atoms with Crippen LogP contribution in [0.4, 0.5) is 0 Å². The normalized spacial score (nSPS) is 10.5. The molecule has 0 saturated heterocycles. The second-order valence-electron chi connectivity index (χ2n) is 3.57. The largest absolute Gasteiger partial charge is 0.440 e. The molecule has 17 heavy (non-hydrogen) atoms. The maximum Gasteiger partial charge on any atom is 0.261 e. The number of pyridine rings is 1. The van der Waals surface area contributed by atoms with E-state index in [1.54, 1.807) is 6.20 Å². The molecule has 0 bridgehead atoms. The number of hydrogen-bond donors (Lipinski definition) is 2. The van der Waals surface area contributed by atoms with E-state index in [9.17, 15) is 0 Å².